The highest BCUT2D eigenvalue weighted by Crippen LogP contribution is 2.11. The Kier molecular flexibility index (Phi) is 8.49. The van der Waals surface area contributed by atoms with Gasteiger partial charge in [-0.1, -0.05) is 20.8 Å². The zero-order chi connectivity index (χ0) is 12.6. The summed E-state index contributed by atoms with van der Waals surface area (Å²) in [7, 11) is 4.01. The fraction of sp³-hybridized carbons (Fsp3) is 0.923. The first-order valence-corrected chi connectivity index (χ1v) is 6.39. The second-order valence-electron chi connectivity index (χ2n) is 4.87. The van der Waals surface area contributed by atoms with E-state index in [4.69, 9.17) is 0 Å². The van der Waals surface area contributed by atoms with Crippen LogP contribution in [0.25, 0.3) is 0 Å². The molecule has 0 aliphatic carbocycles. The molecular weight excluding hydrogens is 200 g/mol. The number of likely N-dealkylation sites (N-methyl/N-ethyl adjacent to an activating group) is 1. The van der Waals surface area contributed by atoms with Crippen molar-refractivity contribution >= 4 is 6.29 Å². The molecule has 16 heavy (non-hydrogen) atoms. The molecule has 0 aromatic carbocycles. The fourth-order valence-electron chi connectivity index (χ4n) is 2.12. The van der Waals surface area contributed by atoms with Gasteiger partial charge < -0.3 is 10.1 Å². The normalized spacial score (nSPS) is 22.8. The van der Waals surface area contributed by atoms with E-state index < -0.39 is 0 Å². The Morgan fingerprint density at radius 3 is 2.25 bits per heavy atom. The van der Waals surface area contributed by atoms with E-state index in [9.17, 15) is 4.79 Å². The van der Waals surface area contributed by atoms with Crippen LogP contribution in [-0.2, 0) is 4.79 Å². The molecule has 0 bridgehead atoms. The van der Waals surface area contributed by atoms with E-state index in [1.54, 1.807) is 0 Å². The minimum atomic E-state index is 0.218. The Labute approximate surface area is 101 Å². The maximum Gasteiger partial charge on any atom is 0.137 e. The third-order valence-corrected chi connectivity index (χ3v) is 3.35. The van der Waals surface area contributed by atoms with Crippen LogP contribution in [0.4, 0.5) is 0 Å². The van der Waals surface area contributed by atoms with Crippen molar-refractivity contribution < 1.29 is 4.79 Å². The molecule has 1 heterocycles. The highest BCUT2D eigenvalue weighted by Gasteiger charge is 2.18. The summed E-state index contributed by atoms with van der Waals surface area (Å²) >= 11 is 0. The topological polar surface area (TPSA) is 32.3 Å². The minimum absolute atomic E-state index is 0.218. The summed E-state index contributed by atoms with van der Waals surface area (Å²) in [4.78, 5) is 12.3. The molecule has 1 rings (SSSR count). The average Bonchev–Trinajstić information content (AvgIpc) is 2.66. The van der Waals surface area contributed by atoms with Gasteiger partial charge in [0.1, 0.15) is 6.29 Å². The van der Waals surface area contributed by atoms with Crippen LogP contribution in [0.1, 0.15) is 40.0 Å². The lowest BCUT2D eigenvalue weighted by molar-refractivity contribution is -0.111. The van der Waals surface area contributed by atoms with Crippen molar-refractivity contribution in [2.45, 2.75) is 52.1 Å². The average molecular weight is 228 g/mol. The monoisotopic (exact) mass is 228 g/mol. The SMILES string of the molecule is CC[C@@H](NC)C(C)C.CN1CCC[C@H]1C=O. The van der Waals surface area contributed by atoms with Crippen LogP contribution < -0.4 is 5.32 Å². The summed E-state index contributed by atoms with van der Waals surface area (Å²) < 4.78 is 0. The first-order valence-electron chi connectivity index (χ1n) is 6.39. The standard InChI is InChI=1S/C7H17N.C6H11NO/c1-5-7(8-4)6(2)3;1-7-4-2-3-6(7)5-8/h6-8H,5H2,1-4H3;5-6H,2-4H2,1H3/t7-;6-/m10/s1. The Morgan fingerprint density at radius 2 is 2.12 bits per heavy atom. The van der Waals surface area contributed by atoms with Crippen molar-refractivity contribution in [2.75, 3.05) is 20.6 Å². The Morgan fingerprint density at radius 1 is 1.50 bits per heavy atom. The number of hydrogen-bond donors (Lipinski definition) is 1. The third kappa shape index (κ3) is 5.61. The van der Waals surface area contributed by atoms with E-state index in [1.165, 1.54) is 12.8 Å². The third-order valence-electron chi connectivity index (χ3n) is 3.35. The highest BCUT2D eigenvalue weighted by molar-refractivity contribution is 5.57. The van der Waals surface area contributed by atoms with Crippen LogP contribution in [0, 0.1) is 5.92 Å². The molecule has 0 amide bonds. The van der Waals surface area contributed by atoms with Crippen LogP contribution in [-0.4, -0.2) is 43.9 Å². The van der Waals surface area contributed by atoms with Crippen molar-refractivity contribution in [3.63, 3.8) is 0 Å². The molecule has 1 saturated heterocycles. The van der Waals surface area contributed by atoms with E-state index in [0.29, 0.717) is 6.04 Å². The number of nitrogens with zero attached hydrogens (tertiary/aromatic N) is 1. The van der Waals surface area contributed by atoms with Gasteiger partial charge in [-0.15, -0.1) is 0 Å². The summed E-state index contributed by atoms with van der Waals surface area (Å²) in [6.45, 7) is 7.78. The zero-order valence-corrected chi connectivity index (χ0v) is 11.5. The molecule has 0 aromatic heterocycles. The van der Waals surface area contributed by atoms with Crippen LogP contribution in [0.5, 0.6) is 0 Å². The second kappa shape index (κ2) is 8.71. The van der Waals surface area contributed by atoms with Crippen LogP contribution in [0.2, 0.25) is 0 Å². The first-order chi connectivity index (χ1) is 7.56. The summed E-state index contributed by atoms with van der Waals surface area (Å²) in [5, 5.41) is 3.25. The second-order valence-corrected chi connectivity index (χ2v) is 4.87. The molecule has 1 fully saturated rings. The number of carbonyl (C=O) groups is 1. The molecule has 3 heteroatoms. The van der Waals surface area contributed by atoms with E-state index in [0.717, 1.165) is 25.2 Å². The lowest BCUT2D eigenvalue weighted by atomic mass is 10.0. The Bertz CT molecular complexity index is 179. The smallest absolute Gasteiger partial charge is 0.137 e. The number of hydrogen-bond acceptors (Lipinski definition) is 3. The maximum atomic E-state index is 10.2. The molecule has 0 spiro atoms. The molecule has 3 nitrogen and oxygen atoms in total. The number of carbonyl (C=O) groups excluding carboxylic acids is 1. The fourth-order valence-corrected chi connectivity index (χ4v) is 2.12. The molecular formula is C13H28N2O. The van der Waals surface area contributed by atoms with Gasteiger partial charge >= 0.3 is 0 Å². The molecule has 96 valence electrons. The summed E-state index contributed by atoms with van der Waals surface area (Å²) in [5.41, 5.74) is 0. The maximum absolute atomic E-state index is 10.2. The molecule has 1 aliphatic heterocycles. The molecule has 1 aliphatic rings. The molecule has 0 saturated carbocycles. The van der Waals surface area contributed by atoms with E-state index in [1.807, 2.05) is 14.1 Å². The number of likely N-dealkylation sites (tertiary alicyclic amines) is 1. The first kappa shape index (κ1) is 15.6. The van der Waals surface area contributed by atoms with Crippen molar-refractivity contribution in [1.29, 1.82) is 0 Å². The molecule has 0 unspecified atom stereocenters. The van der Waals surface area contributed by atoms with Gasteiger partial charge in [-0.25, -0.2) is 0 Å². The van der Waals surface area contributed by atoms with Crippen LogP contribution >= 0.6 is 0 Å². The van der Waals surface area contributed by atoms with E-state index in [2.05, 4.69) is 31.0 Å². The predicted octanol–water partition coefficient (Wildman–Crippen LogP) is 1.92. The molecule has 1 N–H and O–H groups in total. The summed E-state index contributed by atoms with van der Waals surface area (Å²) in [6.07, 6.45) is 4.50. The Balaban J connectivity index is 0.000000281. The van der Waals surface area contributed by atoms with Gasteiger partial charge in [-0.3, -0.25) is 4.90 Å². The quantitative estimate of drug-likeness (QED) is 0.746. The number of aldehydes is 1. The summed E-state index contributed by atoms with van der Waals surface area (Å²) in [5.74, 6) is 0.769. The lowest BCUT2D eigenvalue weighted by Crippen LogP contribution is -2.29. The lowest BCUT2D eigenvalue weighted by Gasteiger charge is -2.16. The predicted molar refractivity (Wildman–Crippen MR) is 69.7 cm³/mol. The Hall–Kier alpha value is -0.410. The number of rotatable bonds is 4. The van der Waals surface area contributed by atoms with Crippen molar-refractivity contribution in [3.05, 3.63) is 0 Å². The zero-order valence-electron chi connectivity index (χ0n) is 11.5. The van der Waals surface area contributed by atoms with Crippen molar-refractivity contribution in [3.8, 4) is 0 Å². The van der Waals surface area contributed by atoms with Gasteiger partial charge in [0, 0.05) is 6.04 Å². The van der Waals surface area contributed by atoms with Gasteiger partial charge in [0.25, 0.3) is 0 Å². The van der Waals surface area contributed by atoms with Gasteiger partial charge in [0.05, 0.1) is 6.04 Å². The minimum Gasteiger partial charge on any atom is -0.317 e. The highest BCUT2D eigenvalue weighted by atomic mass is 16.1. The van der Waals surface area contributed by atoms with E-state index in [-0.39, 0.29) is 6.04 Å². The largest absolute Gasteiger partial charge is 0.317 e. The van der Waals surface area contributed by atoms with Gasteiger partial charge in [0.2, 0.25) is 0 Å². The van der Waals surface area contributed by atoms with Crippen molar-refractivity contribution in [2.24, 2.45) is 5.92 Å². The van der Waals surface area contributed by atoms with E-state index >= 15 is 0 Å². The molecule has 0 aromatic rings. The molecule has 2 atom stereocenters. The summed E-state index contributed by atoms with van der Waals surface area (Å²) in [6, 6.07) is 0.921. The van der Waals surface area contributed by atoms with Gasteiger partial charge in [-0.05, 0) is 45.8 Å². The molecule has 0 radical (unpaired) electrons. The van der Waals surface area contributed by atoms with Gasteiger partial charge in [0.15, 0.2) is 0 Å². The van der Waals surface area contributed by atoms with Crippen LogP contribution in [0.3, 0.4) is 0 Å². The van der Waals surface area contributed by atoms with Crippen LogP contribution in [0.15, 0.2) is 0 Å². The number of nitrogens with one attached hydrogen (secondary N) is 1. The van der Waals surface area contributed by atoms with Gasteiger partial charge in [-0.2, -0.15) is 0 Å². The van der Waals surface area contributed by atoms with Crippen molar-refractivity contribution in [1.82, 2.24) is 10.2 Å².